The first kappa shape index (κ1) is 13.3. The summed E-state index contributed by atoms with van der Waals surface area (Å²) in [4.78, 5) is 11.1. The molecule has 0 saturated carbocycles. The van der Waals surface area contributed by atoms with Crippen LogP contribution in [0.2, 0.25) is 0 Å². The molecule has 1 fully saturated rings. The average molecular weight is 248 g/mol. The van der Waals surface area contributed by atoms with Gasteiger partial charge in [-0.3, -0.25) is 0 Å². The number of hydrogen-bond acceptors (Lipinski definition) is 4. The summed E-state index contributed by atoms with van der Waals surface area (Å²) in [6, 6.07) is 2.38. The molecule has 2 unspecified atom stereocenters. The Morgan fingerprint density at radius 1 is 1.33 bits per heavy atom. The molecule has 0 radical (unpaired) electrons. The van der Waals surface area contributed by atoms with Gasteiger partial charge in [-0.25, -0.2) is 9.97 Å². The van der Waals surface area contributed by atoms with Crippen molar-refractivity contribution >= 4 is 5.82 Å². The smallest absolute Gasteiger partial charge is 0.132 e. The molecule has 18 heavy (non-hydrogen) atoms. The molecule has 4 heteroatoms. The second-order valence-electron chi connectivity index (χ2n) is 5.66. The van der Waals surface area contributed by atoms with Gasteiger partial charge in [0.05, 0.1) is 0 Å². The minimum atomic E-state index is 0.263. The fourth-order valence-corrected chi connectivity index (χ4v) is 2.50. The molecule has 2 rings (SSSR count). The molecule has 0 aliphatic carbocycles. The fraction of sp³-hybridized carbons (Fsp3) is 0.714. The number of rotatable bonds is 3. The van der Waals surface area contributed by atoms with Crippen molar-refractivity contribution in [1.29, 1.82) is 0 Å². The van der Waals surface area contributed by atoms with Gasteiger partial charge in [0.2, 0.25) is 0 Å². The lowest BCUT2D eigenvalue weighted by atomic mass is 9.92. The molecule has 0 bridgehead atoms. The number of hydrogen-bond donors (Lipinski definition) is 1. The van der Waals surface area contributed by atoms with E-state index in [-0.39, 0.29) is 6.04 Å². The van der Waals surface area contributed by atoms with Crippen LogP contribution < -0.4 is 10.6 Å². The summed E-state index contributed by atoms with van der Waals surface area (Å²) < 4.78 is 0. The minimum absolute atomic E-state index is 0.263. The van der Waals surface area contributed by atoms with E-state index >= 15 is 0 Å². The van der Waals surface area contributed by atoms with Gasteiger partial charge in [0.15, 0.2) is 0 Å². The van der Waals surface area contributed by atoms with E-state index in [9.17, 15) is 0 Å². The number of aromatic nitrogens is 2. The third-order valence-electron chi connectivity index (χ3n) is 3.79. The second kappa shape index (κ2) is 5.65. The molecule has 2 heterocycles. The number of anilines is 1. The van der Waals surface area contributed by atoms with Crippen LogP contribution in [0.1, 0.15) is 45.2 Å². The lowest BCUT2D eigenvalue weighted by Gasteiger charge is -2.35. The molecular weight excluding hydrogens is 224 g/mol. The van der Waals surface area contributed by atoms with Crippen LogP contribution in [0, 0.1) is 5.92 Å². The molecule has 100 valence electrons. The van der Waals surface area contributed by atoms with Crippen molar-refractivity contribution in [3.8, 4) is 0 Å². The fourth-order valence-electron chi connectivity index (χ4n) is 2.50. The van der Waals surface area contributed by atoms with E-state index in [1.165, 1.54) is 12.8 Å². The van der Waals surface area contributed by atoms with Gasteiger partial charge in [-0.05, 0) is 31.6 Å². The quantitative estimate of drug-likeness (QED) is 0.890. The van der Waals surface area contributed by atoms with Crippen LogP contribution in [0.4, 0.5) is 5.82 Å². The highest BCUT2D eigenvalue weighted by Gasteiger charge is 2.23. The summed E-state index contributed by atoms with van der Waals surface area (Å²) in [5.41, 5.74) is 7.14. The standard InChI is InChI=1S/C14H24N4/c1-10(2)13-7-14(17-9-16-13)18-6-4-5-12(8-18)11(3)15/h7,9-12H,4-6,8,15H2,1-3H3. The molecule has 0 aromatic carbocycles. The number of nitrogens with zero attached hydrogens (tertiary/aromatic N) is 3. The van der Waals surface area contributed by atoms with Crippen molar-refractivity contribution in [2.45, 2.75) is 45.6 Å². The maximum absolute atomic E-state index is 6.03. The van der Waals surface area contributed by atoms with Crippen LogP contribution in [0.15, 0.2) is 12.4 Å². The maximum Gasteiger partial charge on any atom is 0.132 e. The summed E-state index contributed by atoms with van der Waals surface area (Å²) in [6.45, 7) is 8.53. The predicted octanol–water partition coefficient (Wildman–Crippen LogP) is 2.16. The molecule has 2 atom stereocenters. The van der Waals surface area contributed by atoms with Crippen LogP contribution in [0.5, 0.6) is 0 Å². The van der Waals surface area contributed by atoms with Crippen molar-refractivity contribution in [1.82, 2.24) is 9.97 Å². The zero-order valence-corrected chi connectivity index (χ0v) is 11.6. The topological polar surface area (TPSA) is 55.0 Å². The summed E-state index contributed by atoms with van der Waals surface area (Å²) in [5, 5.41) is 0. The Kier molecular flexibility index (Phi) is 4.17. The monoisotopic (exact) mass is 248 g/mol. The summed E-state index contributed by atoms with van der Waals surface area (Å²) >= 11 is 0. The Morgan fingerprint density at radius 3 is 2.78 bits per heavy atom. The van der Waals surface area contributed by atoms with Gasteiger partial charge in [-0.2, -0.15) is 0 Å². The first-order valence-corrected chi connectivity index (χ1v) is 6.90. The number of nitrogens with two attached hydrogens (primary N) is 1. The molecule has 1 aromatic heterocycles. The van der Waals surface area contributed by atoms with E-state index in [1.807, 2.05) is 0 Å². The Bertz CT molecular complexity index is 389. The zero-order valence-electron chi connectivity index (χ0n) is 11.6. The van der Waals surface area contributed by atoms with E-state index in [1.54, 1.807) is 6.33 Å². The highest BCUT2D eigenvalue weighted by molar-refractivity contribution is 5.40. The Morgan fingerprint density at radius 2 is 2.11 bits per heavy atom. The lowest BCUT2D eigenvalue weighted by molar-refractivity contribution is 0.363. The van der Waals surface area contributed by atoms with Crippen LogP contribution >= 0.6 is 0 Å². The van der Waals surface area contributed by atoms with Gasteiger partial charge in [0, 0.05) is 30.9 Å². The van der Waals surface area contributed by atoms with Crippen LogP contribution in [0.3, 0.4) is 0 Å². The average Bonchev–Trinajstić information content (AvgIpc) is 2.39. The van der Waals surface area contributed by atoms with Crippen molar-refractivity contribution in [3.63, 3.8) is 0 Å². The third-order valence-corrected chi connectivity index (χ3v) is 3.79. The highest BCUT2D eigenvalue weighted by Crippen LogP contribution is 2.24. The molecule has 1 aliphatic rings. The first-order valence-electron chi connectivity index (χ1n) is 6.90. The third kappa shape index (κ3) is 2.99. The van der Waals surface area contributed by atoms with E-state index in [0.717, 1.165) is 24.6 Å². The van der Waals surface area contributed by atoms with Crippen molar-refractivity contribution in [2.24, 2.45) is 11.7 Å². The second-order valence-corrected chi connectivity index (χ2v) is 5.66. The van der Waals surface area contributed by atoms with Crippen molar-refractivity contribution in [2.75, 3.05) is 18.0 Å². The molecule has 2 N–H and O–H groups in total. The maximum atomic E-state index is 6.03. The van der Waals surface area contributed by atoms with Gasteiger partial charge < -0.3 is 10.6 Å². The van der Waals surface area contributed by atoms with Gasteiger partial charge in [-0.15, -0.1) is 0 Å². The summed E-state index contributed by atoms with van der Waals surface area (Å²) in [6.07, 6.45) is 4.11. The van der Waals surface area contributed by atoms with Gasteiger partial charge in [0.1, 0.15) is 12.1 Å². The summed E-state index contributed by atoms with van der Waals surface area (Å²) in [5.74, 6) is 2.08. The molecular formula is C14H24N4. The SMILES string of the molecule is CC(C)c1cc(N2CCCC(C(C)N)C2)ncn1. The molecule has 4 nitrogen and oxygen atoms in total. The van der Waals surface area contributed by atoms with E-state index in [2.05, 4.69) is 41.7 Å². The molecule has 1 aromatic rings. The van der Waals surface area contributed by atoms with E-state index in [4.69, 9.17) is 5.73 Å². The molecule has 1 saturated heterocycles. The van der Waals surface area contributed by atoms with Crippen molar-refractivity contribution in [3.05, 3.63) is 18.1 Å². The zero-order chi connectivity index (χ0) is 13.1. The molecule has 0 spiro atoms. The Labute approximate surface area is 110 Å². The van der Waals surface area contributed by atoms with Crippen LogP contribution in [0.25, 0.3) is 0 Å². The first-order chi connectivity index (χ1) is 8.58. The van der Waals surface area contributed by atoms with E-state index < -0.39 is 0 Å². The summed E-state index contributed by atoms with van der Waals surface area (Å²) in [7, 11) is 0. The Hall–Kier alpha value is -1.16. The van der Waals surface area contributed by atoms with E-state index in [0.29, 0.717) is 11.8 Å². The van der Waals surface area contributed by atoms with Gasteiger partial charge >= 0.3 is 0 Å². The van der Waals surface area contributed by atoms with Gasteiger partial charge in [-0.1, -0.05) is 13.8 Å². The largest absolute Gasteiger partial charge is 0.356 e. The van der Waals surface area contributed by atoms with Crippen LogP contribution in [-0.4, -0.2) is 29.1 Å². The predicted molar refractivity (Wildman–Crippen MR) is 74.7 cm³/mol. The van der Waals surface area contributed by atoms with Crippen molar-refractivity contribution < 1.29 is 0 Å². The number of piperidine rings is 1. The normalized spacial score (nSPS) is 22.3. The van der Waals surface area contributed by atoms with Gasteiger partial charge in [0.25, 0.3) is 0 Å². The Balaban J connectivity index is 2.13. The molecule has 0 amide bonds. The minimum Gasteiger partial charge on any atom is -0.356 e. The molecule has 1 aliphatic heterocycles. The van der Waals surface area contributed by atoms with Crippen LogP contribution in [-0.2, 0) is 0 Å². The lowest BCUT2D eigenvalue weighted by Crippen LogP contribution is -2.42. The highest BCUT2D eigenvalue weighted by atomic mass is 15.2.